The van der Waals surface area contributed by atoms with E-state index in [1.54, 1.807) is 24.7 Å². The Bertz CT molecular complexity index is 1560. The summed E-state index contributed by atoms with van der Waals surface area (Å²) in [6.07, 6.45) is 14.3. The van der Waals surface area contributed by atoms with Crippen LogP contribution in [0.2, 0.25) is 0 Å². The van der Waals surface area contributed by atoms with Crippen molar-refractivity contribution >= 4 is 5.70 Å². The van der Waals surface area contributed by atoms with Gasteiger partial charge in [0.25, 0.3) is 0 Å². The Balaban J connectivity index is -0.0000000415. The molecule has 0 aliphatic carbocycles. The maximum atomic E-state index is 4.44. The minimum atomic E-state index is 0. The van der Waals surface area contributed by atoms with E-state index in [9.17, 15) is 0 Å². The molecule has 0 aromatic carbocycles. The molecule has 0 fully saturated rings. The van der Waals surface area contributed by atoms with E-state index in [1.165, 1.54) is 0 Å². The van der Waals surface area contributed by atoms with Crippen molar-refractivity contribution in [3.8, 4) is 22.8 Å². The van der Waals surface area contributed by atoms with Crippen LogP contribution in [0.5, 0.6) is 0 Å². The molecule has 6 rings (SSSR count). The van der Waals surface area contributed by atoms with Crippen molar-refractivity contribution in [2.75, 3.05) is 0 Å². The maximum Gasteiger partial charge on any atom is 0 e. The Morgan fingerprint density at radius 1 is 0.477 bits per heavy atom. The van der Waals surface area contributed by atoms with Gasteiger partial charge in [-0.1, -0.05) is 126 Å². The summed E-state index contributed by atoms with van der Waals surface area (Å²) < 4.78 is 0. The van der Waals surface area contributed by atoms with Gasteiger partial charge in [-0.3, -0.25) is 24.9 Å². The Hall–Kier alpha value is -2.39. The van der Waals surface area contributed by atoms with Crippen molar-refractivity contribution < 1.29 is 91.1 Å². The van der Waals surface area contributed by atoms with Crippen LogP contribution in [0, 0.1) is 72.8 Å². The first-order chi connectivity index (χ1) is 26.7. The van der Waals surface area contributed by atoms with E-state index in [4.69, 9.17) is 0 Å². The number of pyridine rings is 5. The van der Waals surface area contributed by atoms with Gasteiger partial charge in [0.05, 0.1) is 22.8 Å². The number of aromatic nitrogens is 5. The Labute approximate surface area is 470 Å². The van der Waals surface area contributed by atoms with E-state index in [-0.39, 0.29) is 143 Å². The van der Waals surface area contributed by atoms with Crippen LogP contribution in [0.1, 0.15) is 100 Å². The van der Waals surface area contributed by atoms with Crippen molar-refractivity contribution in [3.05, 3.63) is 235 Å². The van der Waals surface area contributed by atoms with Gasteiger partial charge in [-0.25, -0.2) is 13.0 Å². The number of allylic oxidation sites excluding steroid dienone is 4. The summed E-state index contributed by atoms with van der Waals surface area (Å²) >= 11 is 0. The number of nitrogens with zero attached hydrogens (tertiary/aromatic N) is 6. The second-order valence-electron chi connectivity index (χ2n) is 8.83. The molecule has 6 heterocycles. The average molecular weight is 1230 g/mol. The van der Waals surface area contributed by atoms with Crippen LogP contribution < -0.4 is 0 Å². The minimum Gasteiger partial charge on any atom is 0 e. The fraction of sp³-hybridized carbons (Fsp3) is 0.255. The Morgan fingerprint density at radius 2 is 0.785 bits per heavy atom. The van der Waals surface area contributed by atoms with Crippen LogP contribution in [-0.2, 0) is 104 Å². The molecule has 0 spiro atoms. The summed E-state index contributed by atoms with van der Waals surface area (Å²) in [7, 11) is 0. The molecule has 0 N–H and O–H groups in total. The molecular weight excluding hydrogens is 1140 g/mol. The molecule has 1 aliphatic heterocycles. The molecule has 0 atom stereocenters. The molecule has 10 heteroatoms. The third-order valence-electron chi connectivity index (χ3n) is 5.89. The zero-order chi connectivity index (χ0) is 41.4. The monoisotopic (exact) mass is 1230 g/mol. The van der Waals surface area contributed by atoms with Crippen molar-refractivity contribution in [1.82, 2.24) is 24.9 Å². The zero-order valence-corrected chi connectivity index (χ0v) is 52.3. The van der Waals surface area contributed by atoms with E-state index in [1.807, 2.05) is 192 Å². The minimum absolute atomic E-state index is 0. The third kappa shape index (κ3) is 45.2. The summed E-state index contributed by atoms with van der Waals surface area (Å²) in [5, 5.41) is 4.38. The van der Waals surface area contributed by atoms with Crippen molar-refractivity contribution in [2.45, 2.75) is 95.9 Å². The van der Waals surface area contributed by atoms with Gasteiger partial charge in [0.2, 0.25) is 0 Å². The van der Waals surface area contributed by atoms with Crippen LogP contribution in [0.15, 0.2) is 140 Å². The predicted molar refractivity (Wildman–Crippen MR) is 286 cm³/mol. The van der Waals surface area contributed by atoms with E-state index in [2.05, 4.69) is 51.0 Å². The first kappa shape index (κ1) is 101. The standard InChI is InChI=1S/2C12H11N2.C12H10N2.6C2H6.7CH3.3Ru.Y.H/c3*1-2-10-6-5-8-12(14-10)11-7-3-4-9-13-11;6*1-2;;;;;;;;;;;;/h2*3-9H,1-2H2;2-9H,1H2;6*1-2H3;7*1H3;;;;;/q2*-1;-2;;;;;;;7*-1;;+3;+4;;. The number of rotatable bonds is 5. The van der Waals surface area contributed by atoms with Gasteiger partial charge in [0.1, 0.15) is 0 Å². The molecule has 2 radical (unpaired) electrons. The van der Waals surface area contributed by atoms with E-state index >= 15 is 0 Å². The molecular formula is C55H90N6Ru3Y-4. The molecule has 1 aliphatic rings. The Morgan fingerprint density at radius 3 is 1.06 bits per heavy atom. The molecule has 6 nitrogen and oxygen atoms in total. The largest absolute Gasteiger partial charge is 0 e. The molecule has 65 heavy (non-hydrogen) atoms. The van der Waals surface area contributed by atoms with E-state index < -0.39 is 0 Å². The second-order valence-corrected chi connectivity index (χ2v) is 8.83. The van der Waals surface area contributed by atoms with Gasteiger partial charge < -0.3 is 76.8 Å². The van der Waals surface area contributed by atoms with Gasteiger partial charge in [-0.15, -0.1) is 18.5 Å². The van der Waals surface area contributed by atoms with Crippen LogP contribution in [-0.4, -0.2) is 24.9 Å². The van der Waals surface area contributed by atoms with Crippen LogP contribution in [0.25, 0.3) is 33.8 Å². The van der Waals surface area contributed by atoms with Gasteiger partial charge in [-0.2, -0.15) is 6.08 Å². The molecule has 0 amide bonds. The van der Waals surface area contributed by atoms with Crippen molar-refractivity contribution in [2.24, 2.45) is 0 Å². The fourth-order valence-corrected chi connectivity index (χ4v) is 3.77. The summed E-state index contributed by atoms with van der Waals surface area (Å²) in [6, 6.07) is 29.2. The first-order valence-electron chi connectivity index (χ1n) is 19.5. The van der Waals surface area contributed by atoms with Crippen molar-refractivity contribution in [1.29, 1.82) is 0 Å². The van der Waals surface area contributed by atoms with Gasteiger partial charge in [0, 0.05) is 68.4 Å². The van der Waals surface area contributed by atoms with Crippen molar-refractivity contribution in [3.63, 3.8) is 0 Å². The average Bonchev–Trinajstić information content (AvgIpc) is 3.31. The number of hydrogen-bond acceptors (Lipinski definition) is 5. The molecule has 5 aromatic rings. The Kier molecular flexibility index (Phi) is 117. The normalized spacial score (nSPS) is 8.71. The van der Waals surface area contributed by atoms with E-state index in [0.717, 1.165) is 51.3 Å². The van der Waals surface area contributed by atoms with Gasteiger partial charge in [0.15, 0.2) is 0 Å². The molecule has 0 saturated heterocycles. The quantitative estimate of drug-likeness (QED) is 0.129. The van der Waals surface area contributed by atoms with E-state index in [0.29, 0.717) is 12.8 Å². The molecule has 371 valence electrons. The van der Waals surface area contributed by atoms with Gasteiger partial charge in [-0.05, 0) is 60.7 Å². The van der Waals surface area contributed by atoms with Crippen LogP contribution in [0.4, 0.5) is 0 Å². The molecule has 0 bridgehead atoms. The smallest absolute Gasteiger partial charge is 0 e. The first-order valence-corrected chi connectivity index (χ1v) is 19.5. The number of hydrogen-bond donors (Lipinski definition) is 0. The fourth-order valence-electron chi connectivity index (χ4n) is 3.77. The summed E-state index contributed by atoms with van der Waals surface area (Å²) in [5.41, 5.74) is 8.25. The zero-order valence-electron chi connectivity index (χ0n) is 44.1. The predicted octanol–water partition coefficient (Wildman–Crippen LogP) is 17.2. The second kappa shape index (κ2) is 75.9. The summed E-state index contributed by atoms with van der Waals surface area (Å²) in [4.78, 5) is 21.6. The molecule has 0 unspecified atom stereocenters. The van der Waals surface area contributed by atoms with Crippen LogP contribution in [0.3, 0.4) is 0 Å². The van der Waals surface area contributed by atoms with Crippen LogP contribution >= 0.6 is 0 Å². The summed E-state index contributed by atoms with van der Waals surface area (Å²) in [5.74, 6) is 0. The third-order valence-corrected chi connectivity index (χ3v) is 5.89. The summed E-state index contributed by atoms with van der Waals surface area (Å²) in [6.45, 7) is 35.3. The molecule has 5 aromatic heterocycles. The SMILES string of the molecule is CC.CC.CC.CC.CC.CC.[CH2-]C=C1C=CC=C(c2ccccn2)[N-]1.[CH2-]Cc1cccc(-c2ccccn2)n1.[CH2-]Cc1cccc(-c2ccccn2)n1.[CH3-].[CH3-].[CH3-].[CH3-].[CH3-].[CH3-].[CH3-].[Ru+3].[Ru+4].[RuH].[Y]. The maximum absolute atomic E-state index is 4.44. The van der Waals surface area contributed by atoms with Gasteiger partial charge >= 0.3 is 58.4 Å². The topological polar surface area (TPSA) is 78.5 Å². The molecule has 0 saturated carbocycles.